The van der Waals surface area contributed by atoms with Gasteiger partial charge in [-0.15, -0.1) is 0 Å². The van der Waals surface area contributed by atoms with Crippen LogP contribution in [-0.2, 0) is 4.79 Å². The van der Waals surface area contributed by atoms with Crippen LogP contribution in [0.4, 0.5) is 0 Å². The van der Waals surface area contributed by atoms with Crippen LogP contribution in [0, 0.1) is 0 Å². The molecule has 0 heterocycles. The van der Waals surface area contributed by atoms with E-state index in [-0.39, 0.29) is 11.5 Å². The van der Waals surface area contributed by atoms with E-state index in [0.29, 0.717) is 18.8 Å². The number of carbonyl (C=O) groups excluding carboxylic acids is 1. The van der Waals surface area contributed by atoms with Gasteiger partial charge >= 0.3 is 0 Å². The molecule has 0 saturated heterocycles. The van der Waals surface area contributed by atoms with Gasteiger partial charge in [-0.1, -0.05) is 89.5 Å². The lowest BCUT2D eigenvalue weighted by Gasteiger charge is -2.08. The summed E-state index contributed by atoms with van der Waals surface area (Å²) in [7, 11) is 0. The van der Waals surface area contributed by atoms with Crippen molar-refractivity contribution in [1.29, 1.82) is 0 Å². The average molecular weight is 387 g/mol. The molecule has 3 nitrogen and oxygen atoms in total. The average Bonchev–Trinajstić information content (AvgIpc) is 2.69. The maximum atomic E-state index is 11.9. The van der Waals surface area contributed by atoms with Gasteiger partial charge in [0.2, 0.25) is 0 Å². The normalized spacial score (nSPS) is 11.5. The highest BCUT2D eigenvalue weighted by molar-refractivity contribution is 5.89. The van der Waals surface area contributed by atoms with Crippen molar-refractivity contribution in [2.45, 2.75) is 84.5 Å². The van der Waals surface area contributed by atoms with Crippen molar-refractivity contribution >= 4 is 11.9 Å². The molecule has 0 amide bonds. The summed E-state index contributed by atoms with van der Waals surface area (Å²) in [6.07, 6.45) is 19.8. The van der Waals surface area contributed by atoms with E-state index in [2.05, 4.69) is 13.8 Å². The van der Waals surface area contributed by atoms with Gasteiger partial charge in [-0.25, -0.2) is 0 Å². The molecular weight excluding hydrogens is 348 g/mol. The van der Waals surface area contributed by atoms with Gasteiger partial charge < -0.3 is 9.84 Å². The molecule has 0 atom stereocenters. The van der Waals surface area contributed by atoms with Crippen molar-refractivity contribution < 1.29 is 14.6 Å². The second-order valence-electron chi connectivity index (χ2n) is 7.34. The molecule has 0 bridgehead atoms. The van der Waals surface area contributed by atoms with Crippen molar-refractivity contribution in [3.63, 3.8) is 0 Å². The summed E-state index contributed by atoms with van der Waals surface area (Å²) < 4.78 is 5.60. The number of carbonyl (C=O) groups is 1. The maximum absolute atomic E-state index is 11.9. The number of hydrogen-bond acceptors (Lipinski definition) is 3. The number of unbranched alkanes of at least 4 members (excludes halogenated alkanes) is 8. The quantitative estimate of drug-likeness (QED) is 0.185. The Morgan fingerprint density at radius 2 is 1.61 bits per heavy atom. The van der Waals surface area contributed by atoms with Crippen LogP contribution in [0.25, 0.3) is 6.08 Å². The largest absolute Gasteiger partial charge is 0.504 e. The fourth-order valence-corrected chi connectivity index (χ4v) is 2.92. The van der Waals surface area contributed by atoms with Gasteiger partial charge in [0.25, 0.3) is 0 Å². The van der Waals surface area contributed by atoms with Crippen LogP contribution in [0.1, 0.15) is 90.0 Å². The smallest absolute Gasteiger partial charge is 0.161 e. The Labute approximate surface area is 171 Å². The van der Waals surface area contributed by atoms with Gasteiger partial charge in [-0.3, -0.25) is 4.79 Å². The second kappa shape index (κ2) is 16.0. The van der Waals surface area contributed by atoms with E-state index < -0.39 is 0 Å². The zero-order valence-corrected chi connectivity index (χ0v) is 17.8. The van der Waals surface area contributed by atoms with Crippen molar-refractivity contribution in [2.24, 2.45) is 0 Å². The van der Waals surface area contributed by atoms with Crippen molar-refractivity contribution in [3.05, 3.63) is 42.0 Å². The summed E-state index contributed by atoms with van der Waals surface area (Å²) in [4.78, 5) is 11.9. The highest BCUT2D eigenvalue weighted by Crippen LogP contribution is 2.27. The standard InChI is InChI=1S/C25H38O3/c1-3-5-7-8-9-10-11-12-16-23(26)17-14-13-15-22-18-19-24(27)25(21-22)28-20-6-4-2/h13-15,17-19,21,27H,3-12,16,20H2,1-2H3. The molecule has 28 heavy (non-hydrogen) atoms. The monoisotopic (exact) mass is 386 g/mol. The van der Waals surface area contributed by atoms with Crippen LogP contribution in [0.2, 0.25) is 0 Å². The minimum absolute atomic E-state index is 0.157. The zero-order valence-electron chi connectivity index (χ0n) is 17.8. The number of ketones is 1. The van der Waals surface area contributed by atoms with Gasteiger partial charge in [0.1, 0.15) is 0 Å². The van der Waals surface area contributed by atoms with E-state index in [1.54, 1.807) is 18.2 Å². The molecule has 0 saturated carbocycles. The number of ether oxygens (including phenoxy) is 1. The molecule has 3 heteroatoms. The van der Waals surface area contributed by atoms with Crippen molar-refractivity contribution in [1.82, 2.24) is 0 Å². The lowest BCUT2D eigenvalue weighted by Crippen LogP contribution is -1.96. The number of aromatic hydroxyl groups is 1. The zero-order chi connectivity index (χ0) is 20.5. The van der Waals surface area contributed by atoms with E-state index in [4.69, 9.17) is 4.74 Å². The molecule has 0 unspecified atom stereocenters. The predicted molar refractivity (Wildman–Crippen MR) is 119 cm³/mol. The molecule has 1 N–H and O–H groups in total. The molecule has 0 aromatic heterocycles. The third-order valence-corrected chi connectivity index (χ3v) is 4.70. The Hall–Kier alpha value is -2.03. The van der Waals surface area contributed by atoms with Crippen LogP contribution in [0.5, 0.6) is 11.5 Å². The number of rotatable bonds is 16. The van der Waals surface area contributed by atoms with Gasteiger partial charge in [0.15, 0.2) is 17.3 Å². The fourth-order valence-electron chi connectivity index (χ4n) is 2.92. The molecule has 0 aliphatic rings. The molecule has 0 radical (unpaired) electrons. The van der Waals surface area contributed by atoms with Crippen molar-refractivity contribution in [3.8, 4) is 11.5 Å². The number of benzene rings is 1. The van der Waals surface area contributed by atoms with E-state index in [9.17, 15) is 9.90 Å². The lowest BCUT2D eigenvalue weighted by atomic mass is 10.1. The molecule has 1 rings (SSSR count). The number of allylic oxidation sites excluding steroid dienone is 3. The first-order chi connectivity index (χ1) is 13.7. The SMILES string of the molecule is CCCCCCCCCCC(=O)C=CC=Cc1ccc(O)c(OCCCC)c1. The summed E-state index contributed by atoms with van der Waals surface area (Å²) in [5.74, 6) is 0.847. The number of phenols is 1. The third-order valence-electron chi connectivity index (χ3n) is 4.70. The summed E-state index contributed by atoms with van der Waals surface area (Å²) in [5.41, 5.74) is 0.935. The molecule has 156 valence electrons. The molecule has 0 aliphatic carbocycles. The highest BCUT2D eigenvalue weighted by Gasteiger charge is 2.02. The lowest BCUT2D eigenvalue weighted by molar-refractivity contribution is -0.114. The minimum Gasteiger partial charge on any atom is -0.504 e. The second-order valence-corrected chi connectivity index (χ2v) is 7.34. The van der Waals surface area contributed by atoms with Gasteiger partial charge in [0, 0.05) is 6.42 Å². The topological polar surface area (TPSA) is 46.5 Å². The number of hydrogen-bond donors (Lipinski definition) is 1. The van der Waals surface area contributed by atoms with E-state index in [0.717, 1.165) is 31.2 Å². The molecule has 1 aromatic rings. The first-order valence-electron chi connectivity index (χ1n) is 11.0. The molecule has 0 aliphatic heterocycles. The van der Waals surface area contributed by atoms with Crippen LogP contribution in [-0.4, -0.2) is 17.5 Å². The van der Waals surface area contributed by atoms with E-state index in [1.807, 2.05) is 24.3 Å². The predicted octanol–water partition coefficient (Wildman–Crippen LogP) is 7.24. The Bertz CT molecular complexity index is 602. The van der Waals surface area contributed by atoms with Crippen LogP contribution < -0.4 is 4.74 Å². The maximum Gasteiger partial charge on any atom is 0.161 e. The van der Waals surface area contributed by atoms with Gasteiger partial charge in [0.05, 0.1) is 6.61 Å². The minimum atomic E-state index is 0.157. The van der Waals surface area contributed by atoms with Gasteiger partial charge in [-0.05, 0) is 36.6 Å². The van der Waals surface area contributed by atoms with E-state index >= 15 is 0 Å². The fraction of sp³-hybridized carbons (Fsp3) is 0.560. The molecular formula is C25H38O3. The molecule has 0 fully saturated rings. The Morgan fingerprint density at radius 3 is 2.32 bits per heavy atom. The summed E-state index contributed by atoms with van der Waals surface area (Å²) in [6.45, 7) is 4.94. The molecule has 1 aromatic carbocycles. The Morgan fingerprint density at radius 1 is 0.929 bits per heavy atom. The Kier molecular flexibility index (Phi) is 13.7. The van der Waals surface area contributed by atoms with Crippen LogP contribution >= 0.6 is 0 Å². The highest BCUT2D eigenvalue weighted by atomic mass is 16.5. The number of phenolic OH excluding ortho intramolecular Hbond substituents is 1. The van der Waals surface area contributed by atoms with Gasteiger partial charge in [-0.2, -0.15) is 0 Å². The van der Waals surface area contributed by atoms with Crippen LogP contribution in [0.15, 0.2) is 36.4 Å². The summed E-state index contributed by atoms with van der Waals surface area (Å²) in [5, 5.41) is 9.85. The van der Waals surface area contributed by atoms with E-state index in [1.165, 1.54) is 38.5 Å². The first kappa shape index (κ1) is 24.0. The molecule has 0 spiro atoms. The van der Waals surface area contributed by atoms with Crippen molar-refractivity contribution in [2.75, 3.05) is 6.61 Å². The third kappa shape index (κ3) is 11.6. The van der Waals surface area contributed by atoms with Crippen LogP contribution in [0.3, 0.4) is 0 Å². The summed E-state index contributed by atoms with van der Waals surface area (Å²) >= 11 is 0. The Balaban J connectivity index is 2.27. The first-order valence-corrected chi connectivity index (χ1v) is 11.0. The summed E-state index contributed by atoms with van der Waals surface area (Å²) in [6, 6.07) is 5.28.